The van der Waals surface area contributed by atoms with E-state index in [1.165, 1.54) is 0 Å². The van der Waals surface area contributed by atoms with Gasteiger partial charge in [0.25, 0.3) is 0 Å². The van der Waals surface area contributed by atoms with Crippen LogP contribution in [0.25, 0.3) is 0 Å². The van der Waals surface area contributed by atoms with Crippen LogP contribution in [-0.2, 0) is 4.74 Å². The first-order valence-corrected chi connectivity index (χ1v) is 6.14. The van der Waals surface area contributed by atoms with E-state index in [9.17, 15) is 18.3 Å². The highest BCUT2D eigenvalue weighted by atomic mass is 19.4. The first kappa shape index (κ1) is 15.7. The molecule has 2 unspecified atom stereocenters. The van der Waals surface area contributed by atoms with E-state index >= 15 is 0 Å². The Balaban J connectivity index is 2.04. The minimum Gasteiger partial charge on any atom is -0.389 e. The van der Waals surface area contributed by atoms with Crippen LogP contribution in [0.2, 0.25) is 0 Å². The van der Waals surface area contributed by atoms with Gasteiger partial charge in [0.05, 0.1) is 18.8 Å². The predicted octanol–water partition coefficient (Wildman–Crippen LogP) is 0.819. The van der Waals surface area contributed by atoms with Crippen molar-refractivity contribution in [2.24, 2.45) is 0 Å². The normalized spacial score (nSPS) is 21.2. The van der Waals surface area contributed by atoms with E-state index in [1.54, 1.807) is 0 Å². The summed E-state index contributed by atoms with van der Waals surface area (Å²) in [6, 6.07) is 0. The van der Waals surface area contributed by atoms with E-state index in [-0.39, 0.29) is 19.3 Å². The summed E-state index contributed by atoms with van der Waals surface area (Å²) < 4.78 is 41.3. The van der Waals surface area contributed by atoms with Crippen molar-refractivity contribution in [3.63, 3.8) is 0 Å². The molecular formula is C11H20F3NO3. The summed E-state index contributed by atoms with van der Waals surface area (Å²) in [6.45, 7) is -0.538. The van der Waals surface area contributed by atoms with E-state index in [1.807, 2.05) is 0 Å². The zero-order chi connectivity index (χ0) is 13.6. The van der Waals surface area contributed by atoms with Crippen LogP contribution < -0.4 is 5.32 Å². The molecule has 0 radical (unpaired) electrons. The van der Waals surface area contributed by atoms with E-state index in [0.717, 1.165) is 25.7 Å². The second-order valence-electron chi connectivity index (χ2n) is 4.61. The number of hydrogen-bond acceptors (Lipinski definition) is 4. The Labute approximate surface area is 104 Å². The Hall–Kier alpha value is -0.370. The number of alkyl halides is 3. The Morgan fingerprint density at radius 1 is 1.17 bits per heavy atom. The van der Waals surface area contributed by atoms with Crippen molar-refractivity contribution in [2.75, 3.05) is 19.7 Å². The fraction of sp³-hybridized carbons (Fsp3) is 1.00. The van der Waals surface area contributed by atoms with E-state index in [4.69, 9.17) is 9.84 Å². The largest absolute Gasteiger partial charge is 0.415 e. The molecule has 7 heteroatoms. The highest BCUT2D eigenvalue weighted by Crippen LogP contribution is 2.21. The summed E-state index contributed by atoms with van der Waals surface area (Å²) in [5.74, 6) is 0. The van der Waals surface area contributed by atoms with Crippen molar-refractivity contribution in [2.45, 2.75) is 50.2 Å². The molecule has 2 atom stereocenters. The predicted molar refractivity (Wildman–Crippen MR) is 59.1 cm³/mol. The van der Waals surface area contributed by atoms with Crippen LogP contribution in [0.3, 0.4) is 0 Å². The average molecular weight is 271 g/mol. The molecule has 0 saturated heterocycles. The van der Waals surface area contributed by atoms with Crippen LogP contribution in [0.15, 0.2) is 0 Å². The SMILES string of the molecule is OC(CNCC(O)C(F)(F)F)COC1CCCC1. The summed E-state index contributed by atoms with van der Waals surface area (Å²) in [5, 5.41) is 20.5. The third kappa shape index (κ3) is 5.99. The Morgan fingerprint density at radius 3 is 2.33 bits per heavy atom. The minimum atomic E-state index is -4.63. The van der Waals surface area contributed by atoms with Crippen LogP contribution in [0, 0.1) is 0 Å². The lowest BCUT2D eigenvalue weighted by molar-refractivity contribution is -0.202. The Morgan fingerprint density at radius 2 is 1.78 bits per heavy atom. The molecule has 0 aromatic carbocycles. The standard InChI is InChI=1S/C11H20F3NO3/c12-11(13,14)10(17)6-15-5-8(16)7-18-9-3-1-2-4-9/h8-10,15-17H,1-7H2. The molecule has 4 nitrogen and oxygen atoms in total. The minimum absolute atomic E-state index is 0.0279. The van der Waals surface area contributed by atoms with Gasteiger partial charge in [-0.2, -0.15) is 13.2 Å². The van der Waals surface area contributed by atoms with Crippen molar-refractivity contribution in [3.05, 3.63) is 0 Å². The lowest BCUT2D eigenvalue weighted by Crippen LogP contribution is -2.41. The van der Waals surface area contributed by atoms with Crippen LogP contribution in [0.5, 0.6) is 0 Å². The smallest absolute Gasteiger partial charge is 0.389 e. The van der Waals surface area contributed by atoms with Gasteiger partial charge >= 0.3 is 6.18 Å². The number of hydrogen-bond donors (Lipinski definition) is 3. The van der Waals surface area contributed by atoms with Gasteiger partial charge in [0, 0.05) is 13.1 Å². The number of rotatable bonds is 7. The molecule has 1 rings (SSSR count). The summed E-state index contributed by atoms with van der Waals surface area (Å²) in [7, 11) is 0. The van der Waals surface area contributed by atoms with Gasteiger partial charge in [-0.05, 0) is 12.8 Å². The van der Waals surface area contributed by atoms with Gasteiger partial charge in [-0.25, -0.2) is 0 Å². The maximum atomic E-state index is 11.9. The molecule has 0 aliphatic heterocycles. The van der Waals surface area contributed by atoms with E-state index in [2.05, 4.69) is 5.32 Å². The van der Waals surface area contributed by atoms with Gasteiger partial charge in [-0.15, -0.1) is 0 Å². The van der Waals surface area contributed by atoms with Gasteiger partial charge in [-0.1, -0.05) is 12.8 Å². The monoisotopic (exact) mass is 271 g/mol. The summed E-state index contributed by atoms with van der Waals surface area (Å²) in [5.41, 5.74) is 0. The number of halogens is 3. The molecule has 1 aliphatic carbocycles. The number of aliphatic hydroxyl groups excluding tert-OH is 2. The number of aliphatic hydroxyl groups is 2. The second-order valence-corrected chi connectivity index (χ2v) is 4.61. The average Bonchev–Trinajstić information content (AvgIpc) is 2.77. The highest BCUT2D eigenvalue weighted by molar-refractivity contribution is 4.71. The molecule has 1 aliphatic rings. The topological polar surface area (TPSA) is 61.7 Å². The summed E-state index contributed by atoms with van der Waals surface area (Å²) >= 11 is 0. The maximum absolute atomic E-state index is 11.9. The highest BCUT2D eigenvalue weighted by Gasteiger charge is 2.37. The molecule has 0 bridgehead atoms. The Kier molecular flexibility index (Phi) is 6.34. The first-order chi connectivity index (χ1) is 8.39. The molecule has 1 fully saturated rings. The van der Waals surface area contributed by atoms with Gasteiger partial charge in [0.15, 0.2) is 6.10 Å². The molecule has 108 valence electrons. The third-order valence-electron chi connectivity index (χ3n) is 2.92. The quantitative estimate of drug-likeness (QED) is 0.641. The first-order valence-electron chi connectivity index (χ1n) is 6.14. The fourth-order valence-electron chi connectivity index (χ4n) is 1.86. The molecule has 0 heterocycles. The fourth-order valence-corrected chi connectivity index (χ4v) is 1.86. The second kappa shape index (κ2) is 7.28. The van der Waals surface area contributed by atoms with E-state index < -0.39 is 24.9 Å². The molecule has 0 aromatic rings. The van der Waals surface area contributed by atoms with Crippen molar-refractivity contribution < 1.29 is 28.1 Å². The number of nitrogens with one attached hydrogen (secondary N) is 1. The summed E-state index contributed by atoms with van der Waals surface area (Å²) in [6.07, 6.45) is -3.52. The van der Waals surface area contributed by atoms with Gasteiger partial charge in [0.2, 0.25) is 0 Å². The molecule has 0 amide bonds. The molecule has 0 spiro atoms. The molecule has 3 N–H and O–H groups in total. The zero-order valence-corrected chi connectivity index (χ0v) is 10.1. The van der Waals surface area contributed by atoms with Crippen molar-refractivity contribution >= 4 is 0 Å². The molecule has 18 heavy (non-hydrogen) atoms. The lowest BCUT2D eigenvalue weighted by Gasteiger charge is -2.18. The van der Waals surface area contributed by atoms with E-state index in [0.29, 0.717) is 0 Å². The van der Waals surface area contributed by atoms with Crippen molar-refractivity contribution in [1.29, 1.82) is 0 Å². The van der Waals surface area contributed by atoms with Gasteiger partial charge in [0.1, 0.15) is 0 Å². The van der Waals surface area contributed by atoms with Gasteiger partial charge < -0.3 is 20.3 Å². The third-order valence-corrected chi connectivity index (χ3v) is 2.92. The van der Waals surface area contributed by atoms with Crippen molar-refractivity contribution in [3.8, 4) is 0 Å². The lowest BCUT2D eigenvalue weighted by atomic mass is 10.3. The Bertz CT molecular complexity index is 232. The van der Waals surface area contributed by atoms with Crippen molar-refractivity contribution in [1.82, 2.24) is 5.32 Å². The van der Waals surface area contributed by atoms with Crippen LogP contribution in [0.4, 0.5) is 13.2 Å². The molecular weight excluding hydrogens is 251 g/mol. The zero-order valence-electron chi connectivity index (χ0n) is 10.1. The van der Waals surface area contributed by atoms with Crippen LogP contribution >= 0.6 is 0 Å². The van der Waals surface area contributed by atoms with Crippen LogP contribution in [0.1, 0.15) is 25.7 Å². The van der Waals surface area contributed by atoms with Crippen LogP contribution in [-0.4, -0.2) is 54.4 Å². The molecule has 1 saturated carbocycles. The maximum Gasteiger partial charge on any atom is 0.415 e. The summed E-state index contributed by atoms with van der Waals surface area (Å²) in [4.78, 5) is 0. The number of ether oxygens (including phenoxy) is 1. The van der Waals surface area contributed by atoms with Gasteiger partial charge in [-0.3, -0.25) is 0 Å². The molecule has 0 aromatic heterocycles.